The van der Waals surface area contributed by atoms with Gasteiger partial charge in [0.1, 0.15) is 0 Å². The molecule has 0 radical (unpaired) electrons. The van der Waals surface area contributed by atoms with Crippen LogP contribution in [0.5, 0.6) is 0 Å². The molecule has 7 heavy (non-hydrogen) atoms. The number of unbranched alkanes of at least 4 members (excludes halogenated alkanes) is 1. The quantitative estimate of drug-likeness (QED) is 0.592. The molecule has 0 atom stereocenters. The first-order chi connectivity index (χ1) is 3.27. The molecule has 0 fully saturated rings. The van der Waals surface area contributed by atoms with Gasteiger partial charge in [-0.15, -0.1) is 0 Å². The molecule has 2 nitrogen and oxygen atoms in total. The van der Waals surface area contributed by atoms with Crippen LogP contribution in [0.3, 0.4) is 0 Å². The second-order valence-electron chi connectivity index (χ2n) is 1.50. The van der Waals surface area contributed by atoms with Crippen molar-refractivity contribution < 1.29 is 25.2 Å². The normalized spacial score (nSPS) is 8.86. The molecule has 0 saturated carbocycles. The van der Waals surface area contributed by atoms with E-state index in [4.69, 9.17) is 3.69 Å². The van der Waals surface area contributed by atoms with Crippen molar-refractivity contribution in [2.24, 2.45) is 0 Å². The van der Waals surface area contributed by atoms with E-state index in [0.29, 0.717) is 4.73 Å². The Morgan fingerprint density at radius 1 is 1.71 bits per heavy atom. The molecule has 0 rings (SSSR count). The van der Waals surface area contributed by atoms with Crippen LogP contribution in [0, 0.1) is 0 Å². The van der Waals surface area contributed by atoms with Crippen LogP contribution in [0.1, 0.15) is 19.8 Å². The average Bonchev–Trinajstić information content (AvgIpc) is 1.61. The Hall–Kier alpha value is 0.474. The van der Waals surface area contributed by atoms with Gasteiger partial charge in [0, 0.05) is 0 Å². The summed E-state index contributed by atoms with van der Waals surface area (Å²) in [6.07, 6.45) is 1.94. The van der Waals surface area contributed by atoms with Crippen molar-refractivity contribution >= 4 is 0 Å². The van der Waals surface area contributed by atoms with E-state index in [1.54, 1.807) is 0 Å². The zero-order valence-electron chi connectivity index (χ0n) is 4.48. The summed E-state index contributed by atoms with van der Waals surface area (Å²) in [7, 11) is 0. The number of rotatable bonds is 3. The van der Waals surface area contributed by atoms with Crippen molar-refractivity contribution in [2.45, 2.75) is 24.5 Å². The molecule has 0 bridgehead atoms. The van der Waals surface area contributed by atoms with Gasteiger partial charge in [-0.1, -0.05) is 0 Å². The standard InChI is InChI=1S/C4H9.H2O.O.Ti/c1-3-4-2;;;/h1,3-4H2,2H3;1H2;;/q;;;+1/p-1. The maximum absolute atomic E-state index is 10.0. The van der Waals surface area contributed by atoms with Crippen molar-refractivity contribution in [1.29, 1.82) is 0 Å². The van der Waals surface area contributed by atoms with Crippen LogP contribution >= 0.6 is 0 Å². The zero-order valence-corrected chi connectivity index (χ0v) is 6.04. The van der Waals surface area contributed by atoms with E-state index < -0.39 is 18.2 Å². The summed E-state index contributed by atoms with van der Waals surface area (Å²) >= 11 is -2.66. The van der Waals surface area contributed by atoms with Gasteiger partial charge in [0.25, 0.3) is 0 Å². The Kier molecular flexibility index (Phi) is 4.94. The zero-order chi connectivity index (χ0) is 5.70. The molecular formula is C4H10O2Ti. The molecular weight excluding hydrogens is 128 g/mol. The summed E-state index contributed by atoms with van der Waals surface area (Å²) in [6.45, 7) is 2.02. The molecule has 0 aromatic heterocycles. The van der Waals surface area contributed by atoms with Crippen LogP contribution in [-0.2, 0) is 21.6 Å². The van der Waals surface area contributed by atoms with Gasteiger partial charge in [0.05, 0.1) is 0 Å². The molecule has 0 heterocycles. The fourth-order valence-corrected chi connectivity index (χ4v) is 1.35. The van der Waals surface area contributed by atoms with Crippen LogP contribution in [-0.4, -0.2) is 3.69 Å². The summed E-state index contributed by atoms with van der Waals surface area (Å²) in [5.74, 6) is 0. The van der Waals surface area contributed by atoms with Gasteiger partial charge in [-0.25, -0.2) is 0 Å². The van der Waals surface area contributed by atoms with Gasteiger partial charge in [0.15, 0.2) is 0 Å². The van der Waals surface area contributed by atoms with E-state index >= 15 is 0 Å². The molecule has 0 unspecified atom stereocenters. The molecule has 0 saturated heterocycles. The van der Waals surface area contributed by atoms with E-state index in [9.17, 15) is 3.32 Å². The third-order valence-electron chi connectivity index (χ3n) is 0.744. The van der Waals surface area contributed by atoms with Gasteiger partial charge < -0.3 is 0 Å². The first-order valence-electron chi connectivity index (χ1n) is 2.49. The molecule has 42 valence electrons. The third kappa shape index (κ3) is 6.47. The van der Waals surface area contributed by atoms with Crippen LogP contribution < -0.4 is 0 Å². The van der Waals surface area contributed by atoms with E-state index in [0.717, 1.165) is 12.8 Å². The molecule has 0 aromatic rings. The van der Waals surface area contributed by atoms with E-state index in [1.165, 1.54) is 0 Å². The topological polar surface area (TPSA) is 37.3 Å². The molecule has 1 N–H and O–H groups in total. The van der Waals surface area contributed by atoms with Gasteiger partial charge in [-0.3, -0.25) is 0 Å². The first-order valence-corrected chi connectivity index (χ1v) is 4.93. The Morgan fingerprint density at radius 2 is 2.29 bits per heavy atom. The van der Waals surface area contributed by atoms with Crippen LogP contribution in [0.4, 0.5) is 0 Å². The van der Waals surface area contributed by atoms with E-state index in [1.807, 2.05) is 6.92 Å². The molecule has 3 heteroatoms. The predicted octanol–water partition coefficient (Wildman–Crippen LogP) is 1.08. The Morgan fingerprint density at radius 3 is 2.43 bits per heavy atom. The summed E-state index contributed by atoms with van der Waals surface area (Å²) in [5.41, 5.74) is 0. The van der Waals surface area contributed by atoms with Crippen molar-refractivity contribution in [3.63, 3.8) is 0 Å². The number of hydrogen-bond donors (Lipinski definition) is 1. The monoisotopic (exact) mass is 138 g/mol. The SMILES string of the molecule is CCC[CH2][Ti](=[O])[OH]. The van der Waals surface area contributed by atoms with Crippen molar-refractivity contribution in [3.05, 3.63) is 0 Å². The second kappa shape index (κ2) is 4.63. The van der Waals surface area contributed by atoms with Crippen LogP contribution in [0.2, 0.25) is 4.73 Å². The molecule has 0 aromatic carbocycles. The molecule has 0 amide bonds. The summed E-state index contributed by atoms with van der Waals surface area (Å²) in [6, 6.07) is 0. The van der Waals surface area contributed by atoms with Crippen molar-refractivity contribution in [1.82, 2.24) is 0 Å². The average molecular weight is 138 g/mol. The van der Waals surface area contributed by atoms with Crippen LogP contribution in [0.25, 0.3) is 0 Å². The Balaban J connectivity index is 2.82. The van der Waals surface area contributed by atoms with Crippen molar-refractivity contribution in [2.75, 3.05) is 0 Å². The molecule has 0 aliphatic heterocycles. The Bertz CT molecular complexity index is 62.7. The molecule has 0 aliphatic rings. The third-order valence-corrected chi connectivity index (χ3v) is 1.96. The predicted molar refractivity (Wildman–Crippen MR) is 22.6 cm³/mol. The minimum atomic E-state index is -2.66. The van der Waals surface area contributed by atoms with E-state index in [-0.39, 0.29) is 0 Å². The second-order valence-corrected chi connectivity index (χ2v) is 3.51. The summed E-state index contributed by atoms with van der Waals surface area (Å²) in [5, 5.41) is 0. The molecule has 0 spiro atoms. The summed E-state index contributed by atoms with van der Waals surface area (Å²) in [4.78, 5) is 0. The fourth-order valence-electron chi connectivity index (χ4n) is 0.328. The molecule has 0 aliphatic carbocycles. The fraction of sp³-hybridized carbons (Fsp3) is 1.00. The number of hydrogen-bond acceptors (Lipinski definition) is 1. The van der Waals surface area contributed by atoms with Gasteiger partial charge in [-0.05, 0) is 0 Å². The van der Waals surface area contributed by atoms with Gasteiger partial charge in [-0.2, -0.15) is 0 Å². The Labute approximate surface area is 50.2 Å². The van der Waals surface area contributed by atoms with Gasteiger partial charge in [0.2, 0.25) is 0 Å². The minimum absolute atomic E-state index is 0.566. The maximum atomic E-state index is 10.0. The van der Waals surface area contributed by atoms with Crippen molar-refractivity contribution in [3.8, 4) is 0 Å². The van der Waals surface area contributed by atoms with E-state index in [2.05, 4.69) is 0 Å². The van der Waals surface area contributed by atoms with Crippen LogP contribution in [0.15, 0.2) is 0 Å². The first kappa shape index (κ1) is 7.47. The summed E-state index contributed by atoms with van der Waals surface area (Å²) < 4.78 is 18.9. The van der Waals surface area contributed by atoms with Gasteiger partial charge >= 0.3 is 49.7 Å².